The Morgan fingerprint density at radius 1 is 1.15 bits per heavy atom. The average molecular weight is 288 g/mol. The second-order valence-electron chi connectivity index (χ2n) is 5.26. The summed E-state index contributed by atoms with van der Waals surface area (Å²) in [6.45, 7) is 0. The molecule has 4 N–H and O–H groups in total. The van der Waals surface area contributed by atoms with Crippen LogP contribution in [0.2, 0.25) is 0 Å². The van der Waals surface area contributed by atoms with E-state index < -0.39 is 17.8 Å². The summed E-state index contributed by atoms with van der Waals surface area (Å²) in [6, 6.07) is 3.56. The SMILES string of the molecule is Nc1ccc(NC2CCCCCC2O)cc1C(F)(F)F. The first kappa shape index (κ1) is 15.0. The van der Waals surface area contributed by atoms with Crippen LogP contribution in [0.4, 0.5) is 24.5 Å². The van der Waals surface area contributed by atoms with Crippen LogP contribution in [0.1, 0.15) is 37.7 Å². The monoisotopic (exact) mass is 288 g/mol. The molecule has 0 saturated heterocycles. The molecule has 2 unspecified atom stereocenters. The largest absolute Gasteiger partial charge is 0.418 e. The zero-order valence-corrected chi connectivity index (χ0v) is 11.1. The molecule has 1 aliphatic rings. The number of halogens is 3. The minimum Gasteiger partial charge on any atom is -0.398 e. The molecule has 1 aliphatic carbocycles. The second kappa shape index (κ2) is 5.91. The molecule has 1 aromatic carbocycles. The summed E-state index contributed by atoms with van der Waals surface area (Å²) >= 11 is 0. The van der Waals surface area contributed by atoms with E-state index in [2.05, 4.69) is 5.32 Å². The first-order chi connectivity index (χ1) is 9.38. The van der Waals surface area contributed by atoms with E-state index in [4.69, 9.17) is 5.73 Å². The van der Waals surface area contributed by atoms with Crippen LogP contribution in [-0.4, -0.2) is 17.3 Å². The first-order valence-corrected chi connectivity index (χ1v) is 6.79. The van der Waals surface area contributed by atoms with Gasteiger partial charge >= 0.3 is 6.18 Å². The zero-order chi connectivity index (χ0) is 14.8. The third-order valence-corrected chi connectivity index (χ3v) is 3.69. The summed E-state index contributed by atoms with van der Waals surface area (Å²) < 4.78 is 38.4. The highest BCUT2D eigenvalue weighted by Crippen LogP contribution is 2.35. The summed E-state index contributed by atoms with van der Waals surface area (Å²) in [5.74, 6) is 0. The number of nitrogen functional groups attached to an aromatic ring is 1. The topological polar surface area (TPSA) is 58.3 Å². The molecular weight excluding hydrogens is 269 g/mol. The Morgan fingerprint density at radius 3 is 2.55 bits per heavy atom. The van der Waals surface area contributed by atoms with Gasteiger partial charge in [-0.15, -0.1) is 0 Å². The lowest BCUT2D eigenvalue weighted by molar-refractivity contribution is -0.136. The van der Waals surface area contributed by atoms with Crippen LogP contribution in [0.5, 0.6) is 0 Å². The molecule has 0 aromatic heterocycles. The number of nitrogens with two attached hydrogens (primary N) is 1. The summed E-state index contributed by atoms with van der Waals surface area (Å²) in [5.41, 5.74) is 4.58. The lowest BCUT2D eigenvalue weighted by atomic mass is 10.0. The molecule has 2 atom stereocenters. The van der Waals surface area contributed by atoms with Crippen LogP contribution < -0.4 is 11.1 Å². The van der Waals surface area contributed by atoms with Gasteiger partial charge in [0.1, 0.15) is 0 Å². The normalized spacial score (nSPS) is 24.2. The number of hydrogen-bond donors (Lipinski definition) is 3. The van der Waals surface area contributed by atoms with Crippen LogP contribution in [0.3, 0.4) is 0 Å². The summed E-state index contributed by atoms with van der Waals surface area (Å²) in [7, 11) is 0. The standard InChI is InChI=1S/C14H19F3N2O/c15-14(16,17)10-8-9(6-7-11(10)18)19-12-4-2-1-3-5-13(12)20/h6-8,12-13,19-20H,1-5,18H2. The molecule has 0 radical (unpaired) electrons. The van der Waals surface area contributed by atoms with Crippen LogP contribution in [-0.2, 0) is 6.18 Å². The third-order valence-electron chi connectivity index (χ3n) is 3.69. The van der Waals surface area contributed by atoms with E-state index in [-0.39, 0.29) is 11.7 Å². The van der Waals surface area contributed by atoms with Gasteiger partial charge in [0.15, 0.2) is 0 Å². The van der Waals surface area contributed by atoms with E-state index in [9.17, 15) is 18.3 Å². The predicted octanol–water partition coefficient (Wildman–Crippen LogP) is 3.39. The van der Waals surface area contributed by atoms with Crippen molar-refractivity contribution in [2.75, 3.05) is 11.1 Å². The van der Waals surface area contributed by atoms with E-state index >= 15 is 0 Å². The molecule has 1 fully saturated rings. The van der Waals surface area contributed by atoms with Crippen molar-refractivity contribution in [2.45, 2.75) is 50.4 Å². The fraction of sp³-hybridized carbons (Fsp3) is 0.571. The van der Waals surface area contributed by atoms with Crippen LogP contribution >= 0.6 is 0 Å². The van der Waals surface area contributed by atoms with E-state index in [1.807, 2.05) is 0 Å². The third kappa shape index (κ3) is 3.56. The summed E-state index contributed by atoms with van der Waals surface area (Å²) in [4.78, 5) is 0. The lowest BCUT2D eigenvalue weighted by Gasteiger charge is -2.23. The zero-order valence-electron chi connectivity index (χ0n) is 11.1. The minimum absolute atomic E-state index is 0.206. The van der Waals surface area contributed by atoms with Crippen molar-refractivity contribution < 1.29 is 18.3 Å². The molecule has 1 aromatic rings. The van der Waals surface area contributed by atoms with E-state index in [1.165, 1.54) is 12.1 Å². The Bertz CT molecular complexity index is 462. The van der Waals surface area contributed by atoms with Crippen molar-refractivity contribution >= 4 is 11.4 Å². The molecule has 0 bridgehead atoms. The number of anilines is 2. The van der Waals surface area contributed by atoms with Gasteiger partial charge in [0.05, 0.1) is 17.7 Å². The highest BCUT2D eigenvalue weighted by Gasteiger charge is 2.33. The van der Waals surface area contributed by atoms with Gasteiger partial charge in [-0.05, 0) is 31.0 Å². The Morgan fingerprint density at radius 2 is 1.85 bits per heavy atom. The maximum atomic E-state index is 12.8. The van der Waals surface area contributed by atoms with E-state index in [1.54, 1.807) is 0 Å². The van der Waals surface area contributed by atoms with Gasteiger partial charge in [-0.3, -0.25) is 0 Å². The lowest BCUT2D eigenvalue weighted by Crippen LogP contribution is -2.32. The Balaban J connectivity index is 2.17. The second-order valence-corrected chi connectivity index (χ2v) is 5.26. The summed E-state index contributed by atoms with van der Waals surface area (Å²) in [5, 5.41) is 13.0. The smallest absolute Gasteiger partial charge is 0.398 e. The minimum atomic E-state index is -4.47. The van der Waals surface area contributed by atoms with Crippen molar-refractivity contribution in [2.24, 2.45) is 0 Å². The quantitative estimate of drug-likeness (QED) is 0.577. The highest BCUT2D eigenvalue weighted by atomic mass is 19.4. The molecule has 0 aliphatic heterocycles. The molecule has 112 valence electrons. The molecule has 0 amide bonds. The van der Waals surface area contributed by atoms with E-state index in [0.717, 1.165) is 31.7 Å². The highest BCUT2D eigenvalue weighted by molar-refractivity contribution is 5.58. The average Bonchev–Trinajstić information content (AvgIpc) is 2.56. The molecule has 2 rings (SSSR count). The maximum Gasteiger partial charge on any atom is 0.418 e. The molecule has 20 heavy (non-hydrogen) atoms. The van der Waals surface area contributed by atoms with Gasteiger partial charge in [-0.2, -0.15) is 13.2 Å². The van der Waals surface area contributed by atoms with Crippen molar-refractivity contribution in [1.82, 2.24) is 0 Å². The fourth-order valence-electron chi connectivity index (χ4n) is 2.56. The van der Waals surface area contributed by atoms with Gasteiger partial charge in [0.2, 0.25) is 0 Å². The first-order valence-electron chi connectivity index (χ1n) is 6.79. The van der Waals surface area contributed by atoms with Crippen LogP contribution in [0.15, 0.2) is 18.2 Å². The van der Waals surface area contributed by atoms with E-state index in [0.29, 0.717) is 12.1 Å². The molecule has 1 saturated carbocycles. The summed E-state index contributed by atoms with van der Waals surface area (Å²) in [6.07, 6.45) is -0.588. The van der Waals surface area contributed by atoms with Gasteiger partial charge < -0.3 is 16.2 Å². The number of alkyl halides is 3. The predicted molar refractivity (Wildman–Crippen MR) is 72.4 cm³/mol. The van der Waals surface area contributed by atoms with Crippen molar-refractivity contribution in [3.8, 4) is 0 Å². The van der Waals surface area contributed by atoms with Gasteiger partial charge in [0.25, 0.3) is 0 Å². The number of rotatable bonds is 2. The number of benzene rings is 1. The number of aliphatic hydroxyl groups excluding tert-OH is 1. The Labute approximate surface area is 116 Å². The molecule has 0 heterocycles. The van der Waals surface area contributed by atoms with Crippen LogP contribution in [0, 0.1) is 0 Å². The molecular formula is C14H19F3N2O. The number of nitrogens with one attached hydrogen (secondary N) is 1. The maximum absolute atomic E-state index is 12.8. The van der Waals surface area contributed by atoms with Crippen LogP contribution in [0.25, 0.3) is 0 Å². The van der Waals surface area contributed by atoms with Gasteiger partial charge in [0, 0.05) is 11.4 Å². The Hall–Kier alpha value is -1.43. The molecule has 0 spiro atoms. The Kier molecular flexibility index (Phi) is 4.42. The number of hydrogen-bond acceptors (Lipinski definition) is 3. The van der Waals surface area contributed by atoms with Gasteiger partial charge in [-0.25, -0.2) is 0 Å². The van der Waals surface area contributed by atoms with Gasteiger partial charge in [-0.1, -0.05) is 19.3 Å². The molecule has 3 nitrogen and oxygen atoms in total. The molecule has 6 heteroatoms. The van der Waals surface area contributed by atoms with Crippen molar-refractivity contribution in [1.29, 1.82) is 0 Å². The fourth-order valence-corrected chi connectivity index (χ4v) is 2.56. The number of aliphatic hydroxyl groups is 1. The van der Waals surface area contributed by atoms with Crippen molar-refractivity contribution in [3.63, 3.8) is 0 Å². The van der Waals surface area contributed by atoms with Crippen molar-refractivity contribution in [3.05, 3.63) is 23.8 Å².